The summed E-state index contributed by atoms with van der Waals surface area (Å²) in [6, 6.07) is 4.93. The molecule has 1 aliphatic rings. The van der Waals surface area contributed by atoms with E-state index in [2.05, 4.69) is 27.1 Å². The molecule has 4 rings (SSSR count). The van der Waals surface area contributed by atoms with Gasteiger partial charge in [-0.1, -0.05) is 29.9 Å². The molecule has 0 radical (unpaired) electrons. The van der Waals surface area contributed by atoms with Crippen LogP contribution in [-0.4, -0.2) is 40.6 Å². The molecule has 0 saturated carbocycles. The molecule has 1 saturated heterocycles. The van der Waals surface area contributed by atoms with Gasteiger partial charge in [0, 0.05) is 18.1 Å². The molecule has 8 nitrogen and oxygen atoms in total. The van der Waals surface area contributed by atoms with E-state index < -0.39 is 0 Å². The van der Waals surface area contributed by atoms with Crippen LogP contribution in [0, 0.1) is 5.92 Å². The first-order valence-corrected chi connectivity index (χ1v) is 10.9. The molecule has 1 fully saturated rings. The van der Waals surface area contributed by atoms with Crippen LogP contribution in [0.4, 0.5) is 10.8 Å². The molecule has 1 amide bonds. The lowest BCUT2D eigenvalue weighted by Crippen LogP contribution is -2.34. The number of benzene rings is 1. The maximum Gasteiger partial charge on any atom is 0.273 e. The fraction of sp³-hybridized carbons (Fsp3) is 0.400. The summed E-state index contributed by atoms with van der Waals surface area (Å²) in [4.78, 5) is 36.5. The third kappa shape index (κ3) is 4.27. The summed E-state index contributed by atoms with van der Waals surface area (Å²) < 4.78 is 6.98. The van der Waals surface area contributed by atoms with Crippen molar-refractivity contribution in [1.82, 2.24) is 14.5 Å². The molecule has 0 aliphatic carbocycles. The first-order valence-electron chi connectivity index (χ1n) is 9.69. The van der Waals surface area contributed by atoms with E-state index in [4.69, 9.17) is 16.3 Å². The van der Waals surface area contributed by atoms with Gasteiger partial charge in [0.1, 0.15) is 23.3 Å². The normalized spacial score (nSPS) is 16.6. The Labute approximate surface area is 182 Å². The number of rotatable bonds is 5. The molecule has 1 aliphatic heterocycles. The van der Waals surface area contributed by atoms with Crippen molar-refractivity contribution in [2.75, 3.05) is 30.4 Å². The van der Waals surface area contributed by atoms with Gasteiger partial charge in [0.2, 0.25) is 5.91 Å². The van der Waals surface area contributed by atoms with Gasteiger partial charge in [-0.25, -0.2) is 4.98 Å². The number of halogens is 1. The second kappa shape index (κ2) is 8.61. The Morgan fingerprint density at radius 3 is 3.03 bits per heavy atom. The van der Waals surface area contributed by atoms with E-state index in [1.165, 1.54) is 35.8 Å². The van der Waals surface area contributed by atoms with Gasteiger partial charge in [0.05, 0.1) is 12.8 Å². The largest absolute Gasteiger partial charge is 0.495 e. The van der Waals surface area contributed by atoms with Gasteiger partial charge in [-0.3, -0.25) is 14.2 Å². The van der Waals surface area contributed by atoms with E-state index in [0.717, 1.165) is 24.6 Å². The summed E-state index contributed by atoms with van der Waals surface area (Å²) in [6.07, 6.45) is 3.68. The number of methoxy groups -OCH3 is 1. The van der Waals surface area contributed by atoms with Crippen molar-refractivity contribution in [3.8, 4) is 5.75 Å². The van der Waals surface area contributed by atoms with Crippen molar-refractivity contribution in [1.29, 1.82) is 0 Å². The maximum atomic E-state index is 12.9. The lowest BCUT2D eigenvalue weighted by Gasteiger charge is -2.30. The number of hydrogen-bond acceptors (Lipinski definition) is 7. The van der Waals surface area contributed by atoms with E-state index in [0.29, 0.717) is 32.7 Å². The zero-order valence-corrected chi connectivity index (χ0v) is 18.3. The average molecular weight is 448 g/mol. The van der Waals surface area contributed by atoms with Gasteiger partial charge in [-0.05, 0) is 37.0 Å². The highest BCUT2D eigenvalue weighted by Gasteiger charge is 2.21. The highest BCUT2D eigenvalue weighted by Crippen LogP contribution is 2.29. The Hall–Kier alpha value is -2.65. The van der Waals surface area contributed by atoms with Gasteiger partial charge in [-0.15, -0.1) is 0 Å². The molecule has 0 spiro atoms. The van der Waals surface area contributed by atoms with Crippen LogP contribution in [0.1, 0.15) is 19.8 Å². The van der Waals surface area contributed by atoms with Crippen LogP contribution in [0.5, 0.6) is 5.75 Å². The van der Waals surface area contributed by atoms with Crippen LogP contribution in [0.2, 0.25) is 5.02 Å². The van der Waals surface area contributed by atoms with Crippen molar-refractivity contribution in [3.05, 3.63) is 39.9 Å². The van der Waals surface area contributed by atoms with Crippen molar-refractivity contribution >= 4 is 50.0 Å². The Morgan fingerprint density at radius 1 is 1.43 bits per heavy atom. The molecule has 1 atom stereocenters. The minimum absolute atomic E-state index is 0.175. The first-order chi connectivity index (χ1) is 14.4. The quantitative estimate of drug-likeness (QED) is 0.644. The summed E-state index contributed by atoms with van der Waals surface area (Å²) in [5, 5.41) is 4.01. The molecule has 1 aromatic carbocycles. The van der Waals surface area contributed by atoms with Gasteiger partial charge >= 0.3 is 0 Å². The number of nitrogens with one attached hydrogen (secondary N) is 1. The summed E-state index contributed by atoms with van der Waals surface area (Å²) in [7, 11) is 1.51. The number of fused-ring (bicyclic) bond motifs is 1. The zero-order valence-electron chi connectivity index (χ0n) is 16.7. The minimum Gasteiger partial charge on any atom is -0.495 e. The van der Waals surface area contributed by atoms with Crippen molar-refractivity contribution in [2.24, 2.45) is 5.92 Å². The summed E-state index contributed by atoms with van der Waals surface area (Å²) in [5.74, 6) is 0.701. The highest BCUT2D eigenvalue weighted by molar-refractivity contribution is 7.22. The SMILES string of the molecule is COc1ccc(Cl)cc1NC(=O)Cn1cnc2nc(N3CCC[C@H](C)C3)sc2c1=O. The molecule has 158 valence electrons. The van der Waals surface area contributed by atoms with Crippen molar-refractivity contribution in [3.63, 3.8) is 0 Å². The van der Waals surface area contributed by atoms with Gasteiger partial charge < -0.3 is 15.0 Å². The number of thiazole rings is 1. The van der Waals surface area contributed by atoms with Crippen LogP contribution in [0.15, 0.2) is 29.3 Å². The predicted octanol–water partition coefficient (Wildman–Crippen LogP) is 3.39. The molecule has 2 aromatic heterocycles. The topological polar surface area (TPSA) is 89.3 Å². The maximum absolute atomic E-state index is 12.9. The Kier molecular flexibility index (Phi) is 5.92. The molecule has 0 bridgehead atoms. The number of amides is 1. The fourth-order valence-corrected chi connectivity index (χ4v) is 4.74. The number of hydrogen-bond donors (Lipinski definition) is 1. The second-order valence-electron chi connectivity index (χ2n) is 7.41. The molecule has 0 unspecified atom stereocenters. The van der Waals surface area contributed by atoms with Crippen LogP contribution >= 0.6 is 22.9 Å². The lowest BCUT2D eigenvalue weighted by atomic mass is 10.0. The third-order valence-electron chi connectivity index (χ3n) is 5.05. The number of ether oxygens (including phenoxy) is 1. The minimum atomic E-state index is -0.381. The van der Waals surface area contributed by atoms with E-state index in [1.807, 2.05) is 0 Å². The van der Waals surface area contributed by atoms with Crippen molar-refractivity contribution < 1.29 is 9.53 Å². The van der Waals surface area contributed by atoms with Crippen molar-refractivity contribution in [2.45, 2.75) is 26.3 Å². The summed E-state index contributed by atoms with van der Waals surface area (Å²) in [5.41, 5.74) is 0.588. The second-order valence-corrected chi connectivity index (χ2v) is 8.83. The standard InChI is InChI=1S/C20H22ClN5O3S/c1-12-4-3-7-25(9-12)20-24-18-17(30-20)19(28)26(11-22-18)10-16(27)23-14-8-13(21)5-6-15(14)29-2/h5-6,8,11-12H,3-4,7,9-10H2,1-2H3,(H,23,27)/t12-/m0/s1. The van der Waals surface area contributed by atoms with Crippen LogP contribution < -0.4 is 20.5 Å². The third-order valence-corrected chi connectivity index (χ3v) is 6.38. The van der Waals surface area contributed by atoms with Gasteiger partial charge in [0.25, 0.3) is 5.56 Å². The van der Waals surface area contributed by atoms with Crippen LogP contribution in [-0.2, 0) is 11.3 Å². The number of nitrogens with zero attached hydrogens (tertiary/aromatic N) is 4. The molecule has 1 N–H and O–H groups in total. The molecule has 30 heavy (non-hydrogen) atoms. The molecule has 3 aromatic rings. The Balaban J connectivity index is 1.55. The average Bonchev–Trinajstić information content (AvgIpc) is 3.16. The van der Waals surface area contributed by atoms with Gasteiger partial charge in [-0.2, -0.15) is 4.98 Å². The Bertz CT molecular complexity index is 1150. The number of piperidine rings is 1. The predicted molar refractivity (Wildman–Crippen MR) is 119 cm³/mol. The summed E-state index contributed by atoms with van der Waals surface area (Å²) in [6.45, 7) is 3.91. The lowest BCUT2D eigenvalue weighted by molar-refractivity contribution is -0.116. The highest BCUT2D eigenvalue weighted by atomic mass is 35.5. The smallest absolute Gasteiger partial charge is 0.273 e. The number of aromatic nitrogens is 3. The van der Waals surface area contributed by atoms with Crippen LogP contribution in [0.3, 0.4) is 0 Å². The number of carbonyl (C=O) groups is 1. The fourth-order valence-electron chi connectivity index (χ4n) is 3.57. The first kappa shape index (κ1) is 20.6. The number of carbonyl (C=O) groups excluding carboxylic acids is 1. The molecular weight excluding hydrogens is 426 g/mol. The molecule has 3 heterocycles. The summed E-state index contributed by atoms with van der Waals surface area (Å²) >= 11 is 7.34. The zero-order chi connectivity index (χ0) is 21.3. The van der Waals surface area contributed by atoms with Crippen LogP contribution in [0.25, 0.3) is 10.3 Å². The molecule has 10 heteroatoms. The van der Waals surface area contributed by atoms with E-state index >= 15 is 0 Å². The number of anilines is 2. The monoisotopic (exact) mass is 447 g/mol. The Morgan fingerprint density at radius 2 is 2.27 bits per heavy atom. The van der Waals surface area contributed by atoms with Gasteiger partial charge in [0.15, 0.2) is 10.8 Å². The molecular formula is C20H22ClN5O3S. The van der Waals surface area contributed by atoms with E-state index in [9.17, 15) is 9.59 Å². The van der Waals surface area contributed by atoms with E-state index in [1.54, 1.807) is 18.2 Å². The van der Waals surface area contributed by atoms with E-state index in [-0.39, 0.29) is 18.0 Å².